The van der Waals surface area contributed by atoms with Crippen LogP contribution in [-0.4, -0.2) is 37.7 Å². The molecule has 0 radical (unpaired) electrons. The summed E-state index contributed by atoms with van der Waals surface area (Å²) in [5.41, 5.74) is 3.30. The van der Waals surface area contributed by atoms with Gasteiger partial charge in [0.2, 0.25) is 0 Å². The fourth-order valence-electron chi connectivity index (χ4n) is 3.48. The highest BCUT2D eigenvalue weighted by molar-refractivity contribution is 7.22. The Balaban J connectivity index is 1.36. The van der Waals surface area contributed by atoms with Crippen LogP contribution in [0.25, 0.3) is 15.9 Å². The molecule has 1 saturated heterocycles. The minimum absolute atomic E-state index is 0.845. The summed E-state index contributed by atoms with van der Waals surface area (Å²) in [4.78, 5) is 11.6. The van der Waals surface area contributed by atoms with Crippen LogP contribution in [0.5, 0.6) is 0 Å². The number of pyridine rings is 1. The molecule has 1 aliphatic heterocycles. The number of likely N-dealkylation sites (tertiary alicyclic amines) is 1. The van der Waals surface area contributed by atoms with Gasteiger partial charge >= 0.3 is 0 Å². The summed E-state index contributed by atoms with van der Waals surface area (Å²) in [7, 11) is 0. The van der Waals surface area contributed by atoms with E-state index in [-0.39, 0.29) is 0 Å². The van der Waals surface area contributed by atoms with E-state index in [1.807, 2.05) is 35.3 Å². The topological polar surface area (TPSA) is 58.9 Å². The Labute approximate surface area is 161 Å². The first kappa shape index (κ1) is 16.4. The van der Waals surface area contributed by atoms with Crippen molar-refractivity contribution in [2.75, 3.05) is 18.4 Å². The summed E-state index contributed by atoms with van der Waals surface area (Å²) in [5, 5.41) is 8.51. The SMILES string of the molecule is c1cnn(-c2ccc3nc(Nc4cc(CN5CCCC5)ccn4)sc3c2)c1. The molecule has 136 valence electrons. The van der Waals surface area contributed by atoms with Crippen molar-refractivity contribution in [3.05, 3.63) is 60.6 Å². The second-order valence-corrected chi connectivity index (χ2v) is 7.81. The molecule has 0 bridgehead atoms. The van der Waals surface area contributed by atoms with E-state index in [1.165, 1.54) is 31.5 Å². The summed E-state index contributed by atoms with van der Waals surface area (Å²) >= 11 is 1.63. The lowest BCUT2D eigenvalue weighted by Gasteiger charge is -2.14. The van der Waals surface area contributed by atoms with E-state index >= 15 is 0 Å². The van der Waals surface area contributed by atoms with Gasteiger partial charge in [-0.05, 0) is 67.9 Å². The van der Waals surface area contributed by atoms with Gasteiger partial charge in [0.05, 0.1) is 15.9 Å². The number of benzene rings is 1. The van der Waals surface area contributed by atoms with Gasteiger partial charge in [0.25, 0.3) is 0 Å². The fraction of sp³-hybridized carbons (Fsp3) is 0.250. The van der Waals surface area contributed by atoms with Gasteiger partial charge < -0.3 is 5.32 Å². The predicted octanol–water partition coefficient (Wildman–Crippen LogP) is 4.22. The molecule has 1 aliphatic rings. The van der Waals surface area contributed by atoms with E-state index in [9.17, 15) is 0 Å². The summed E-state index contributed by atoms with van der Waals surface area (Å²) < 4.78 is 2.98. The van der Waals surface area contributed by atoms with Gasteiger partial charge in [0, 0.05) is 25.1 Å². The first-order chi connectivity index (χ1) is 13.3. The van der Waals surface area contributed by atoms with Crippen molar-refractivity contribution < 1.29 is 0 Å². The number of hydrogen-bond donors (Lipinski definition) is 1. The van der Waals surface area contributed by atoms with Gasteiger partial charge in [-0.3, -0.25) is 4.90 Å². The van der Waals surface area contributed by atoms with Crippen LogP contribution < -0.4 is 5.32 Å². The van der Waals surface area contributed by atoms with Crippen molar-refractivity contribution in [2.24, 2.45) is 0 Å². The van der Waals surface area contributed by atoms with Gasteiger partial charge in [-0.25, -0.2) is 14.6 Å². The molecule has 5 rings (SSSR count). The zero-order valence-electron chi connectivity index (χ0n) is 14.9. The molecule has 0 unspecified atom stereocenters. The minimum Gasteiger partial charge on any atom is -0.316 e. The van der Waals surface area contributed by atoms with Crippen LogP contribution in [0.4, 0.5) is 10.9 Å². The highest BCUT2D eigenvalue weighted by Gasteiger charge is 2.12. The van der Waals surface area contributed by atoms with Gasteiger partial charge in [-0.2, -0.15) is 5.10 Å². The number of nitrogens with zero attached hydrogens (tertiary/aromatic N) is 5. The highest BCUT2D eigenvalue weighted by Crippen LogP contribution is 2.29. The van der Waals surface area contributed by atoms with Gasteiger partial charge in [-0.1, -0.05) is 11.3 Å². The average molecular weight is 376 g/mol. The highest BCUT2D eigenvalue weighted by atomic mass is 32.1. The van der Waals surface area contributed by atoms with Crippen LogP contribution in [0.15, 0.2) is 55.0 Å². The predicted molar refractivity (Wildman–Crippen MR) is 109 cm³/mol. The van der Waals surface area contributed by atoms with Gasteiger partial charge in [0.1, 0.15) is 5.82 Å². The Kier molecular flexibility index (Phi) is 4.31. The van der Waals surface area contributed by atoms with E-state index in [0.29, 0.717) is 0 Å². The maximum atomic E-state index is 4.69. The molecule has 0 amide bonds. The summed E-state index contributed by atoms with van der Waals surface area (Å²) in [6.07, 6.45) is 8.21. The number of nitrogens with one attached hydrogen (secondary N) is 1. The Morgan fingerprint density at radius 1 is 1.07 bits per heavy atom. The average Bonchev–Trinajstić information content (AvgIpc) is 3.43. The van der Waals surface area contributed by atoms with E-state index in [2.05, 4.69) is 38.5 Å². The van der Waals surface area contributed by atoms with E-state index in [0.717, 1.165) is 33.4 Å². The molecule has 3 aromatic heterocycles. The Hall–Kier alpha value is -2.77. The minimum atomic E-state index is 0.845. The zero-order valence-corrected chi connectivity index (χ0v) is 15.7. The van der Waals surface area contributed by atoms with Crippen LogP contribution >= 0.6 is 11.3 Å². The monoisotopic (exact) mass is 376 g/mol. The van der Waals surface area contributed by atoms with Crippen LogP contribution in [-0.2, 0) is 6.54 Å². The molecule has 0 spiro atoms. The molecule has 4 aromatic rings. The molecule has 0 saturated carbocycles. The number of rotatable bonds is 5. The smallest absolute Gasteiger partial charge is 0.189 e. The number of aromatic nitrogens is 4. The lowest BCUT2D eigenvalue weighted by molar-refractivity contribution is 0.331. The summed E-state index contributed by atoms with van der Waals surface area (Å²) in [5.74, 6) is 0.845. The Morgan fingerprint density at radius 2 is 2.00 bits per heavy atom. The first-order valence-corrected chi connectivity index (χ1v) is 10.0. The van der Waals surface area contributed by atoms with Crippen LogP contribution in [0.2, 0.25) is 0 Å². The fourth-order valence-corrected chi connectivity index (χ4v) is 4.39. The summed E-state index contributed by atoms with van der Waals surface area (Å²) in [6, 6.07) is 12.3. The number of fused-ring (bicyclic) bond motifs is 1. The molecule has 0 atom stereocenters. The van der Waals surface area contributed by atoms with Crippen molar-refractivity contribution in [1.29, 1.82) is 0 Å². The van der Waals surface area contributed by atoms with Crippen LogP contribution in [0, 0.1) is 0 Å². The van der Waals surface area contributed by atoms with Crippen molar-refractivity contribution >= 4 is 32.5 Å². The quantitative estimate of drug-likeness (QED) is 0.565. The molecule has 0 aliphatic carbocycles. The lowest BCUT2D eigenvalue weighted by Crippen LogP contribution is -2.18. The van der Waals surface area contributed by atoms with Gasteiger partial charge in [-0.15, -0.1) is 0 Å². The summed E-state index contributed by atoms with van der Waals surface area (Å²) in [6.45, 7) is 3.38. The maximum absolute atomic E-state index is 4.69. The van der Waals surface area contributed by atoms with Crippen molar-refractivity contribution in [3.63, 3.8) is 0 Å². The molecule has 6 nitrogen and oxygen atoms in total. The molecule has 4 heterocycles. The second kappa shape index (κ2) is 7.09. The first-order valence-electron chi connectivity index (χ1n) is 9.18. The van der Waals surface area contributed by atoms with Crippen molar-refractivity contribution in [1.82, 2.24) is 24.6 Å². The molecular weight excluding hydrogens is 356 g/mol. The Morgan fingerprint density at radius 3 is 2.85 bits per heavy atom. The van der Waals surface area contributed by atoms with Gasteiger partial charge in [0.15, 0.2) is 5.13 Å². The third-order valence-corrected chi connectivity index (χ3v) is 5.74. The second-order valence-electron chi connectivity index (χ2n) is 6.78. The lowest BCUT2D eigenvalue weighted by atomic mass is 10.2. The zero-order chi connectivity index (χ0) is 18.1. The van der Waals surface area contributed by atoms with E-state index < -0.39 is 0 Å². The number of thiazole rings is 1. The molecule has 7 heteroatoms. The Bertz CT molecular complexity index is 1050. The number of anilines is 2. The maximum Gasteiger partial charge on any atom is 0.189 e. The third-order valence-electron chi connectivity index (χ3n) is 4.81. The van der Waals surface area contributed by atoms with E-state index in [1.54, 1.807) is 17.5 Å². The molecule has 1 aromatic carbocycles. The molecule has 27 heavy (non-hydrogen) atoms. The number of hydrogen-bond acceptors (Lipinski definition) is 6. The largest absolute Gasteiger partial charge is 0.316 e. The standard InChI is InChI=1S/C20H20N6S/c1-2-10-25(9-1)14-15-6-8-21-19(12-15)24-20-23-17-5-4-16(13-18(17)27-20)26-11-3-7-22-26/h3-8,11-13H,1-2,9-10,14H2,(H,21,23,24). The third kappa shape index (κ3) is 3.56. The van der Waals surface area contributed by atoms with Crippen molar-refractivity contribution in [3.8, 4) is 5.69 Å². The normalized spacial score (nSPS) is 14.8. The van der Waals surface area contributed by atoms with E-state index in [4.69, 9.17) is 4.98 Å². The molecule has 1 fully saturated rings. The van der Waals surface area contributed by atoms with Crippen LogP contribution in [0.1, 0.15) is 18.4 Å². The molecular formula is C20H20N6S. The molecule has 1 N–H and O–H groups in total. The van der Waals surface area contributed by atoms with Crippen LogP contribution in [0.3, 0.4) is 0 Å². The van der Waals surface area contributed by atoms with Crippen molar-refractivity contribution in [2.45, 2.75) is 19.4 Å².